The van der Waals surface area contributed by atoms with E-state index in [1.807, 2.05) is 30.3 Å². The molecule has 0 fully saturated rings. The van der Waals surface area contributed by atoms with Gasteiger partial charge in [-0.2, -0.15) is 4.98 Å². The van der Waals surface area contributed by atoms with Crippen molar-refractivity contribution in [2.24, 2.45) is 0 Å². The van der Waals surface area contributed by atoms with E-state index in [0.29, 0.717) is 47.8 Å². The van der Waals surface area contributed by atoms with Gasteiger partial charge in [0.15, 0.2) is 0 Å². The first-order chi connectivity index (χ1) is 13.2. The Balaban J connectivity index is 1.54. The molecular formula is C21H17ClN2O3. The van der Waals surface area contributed by atoms with E-state index in [1.54, 1.807) is 41.3 Å². The number of pyridine rings is 1. The molecule has 1 amide bonds. The molecule has 0 spiro atoms. The van der Waals surface area contributed by atoms with Gasteiger partial charge in [0.1, 0.15) is 17.9 Å². The third kappa shape index (κ3) is 4.04. The molecule has 0 bridgehead atoms. The SMILES string of the molecule is O=C1c2ccc(Oc3ccc(Cl)cc3)nc2OCCN1Cc1ccccc1. The lowest BCUT2D eigenvalue weighted by molar-refractivity contribution is 0.0743. The third-order valence-electron chi connectivity index (χ3n) is 4.20. The molecule has 2 heterocycles. The summed E-state index contributed by atoms with van der Waals surface area (Å²) in [7, 11) is 0. The Kier molecular flexibility index (Phi) is 4.94. The summed E-state index contributed by atoms with van der Waals surface area (Å²) in [5, 5.41) is 0.629. The maximum atomic E-state index is 12.9. The van der Waals surface area contributed by atoms with Gasteiger partial charge >= 0.3 is 0 Å². The van der Waals surface area contributed by atoms with Gasteiger partial charge < -0.3 is 14.4 Å². The summed E-state index contributed by atoms with van der Waals surface area (Å²) in [5.74, 6) is 1.16. The number of amides is 1. The summed E-state index contributed by atoms with van der Waals surface area (Å²) in [6.45, 7) is 1.41. The fourth-order valence-electron chi connectivity index (χ4n) is 2.86. The quantitative estimate of drug-likeness (QED) is 0.665. The van der Waals surface area contributed by atoms with Crippen LogP contribution in [0.1, 0.15) is 15.9 Å². The lowest BCUT2D eigenvalue weighted by Crippen LogP contribution is -2.31. The molecule has 4 rings (SSSR count). The molecule has 3 aromatic rings. The number of carbonyl (C=O) groups is 1. The number of hydrogen-bond donors (Lipinski definition) is 0. The van der Waals surface area contributed by atoms with Crippen LogP contribution < -0.4 is 9.47 Å². The Bertz CT molecular complexity index is 945. The summed E-state index contributed by atoms with van der Waals surface area (Å²) in [5.41, 5.74) is 1.51. The largest absolute Gasteiger partial charge is 0.475 e. The third-order valence-corrected chi connectivity index (χ3v) is 4.46. The zero-order valence-corrected chi connectivity index (χ0v) is 15.2. The molecular weight excluding hydrogens is 364 g/mol. The second kappa shape index (κ2) is 7.68. The highest BCUT2D eigenvalue weighted by Crippen LogP contribution is 2.28. The first-order valence-electron chi connectivity index (χ1n) is 8.59. The Hall–Kier alpha value is -3.05. The Morgan fingerprint density at radius 1 is 1.04 bits per heavy atom. The van der Waals surface area contributed by atoms with Crippen molar-refractivity contribution in [3.05, 3.63) is 82.9 Å². The second-order valence-corrected chi connectivity index (χ2v) is 6.56. The lowest BCUT2D eigenvalue weighted by atomic mass is 10.2. The first kappa shape index (κ1) is 17.4. The molecule has 1 aliphatic heterocycles. The molecule has 136 valence electrons. The van der Waals surface area contributed by atoms with Crippen LogP contribution in [0.2, 0.25) is 5.02 Å². The average molecular weight is 381 g/mol. The molecule has 1 aliphatic rings. The number of fused-ring (bicyclic) bond motifs is 1. The highest BCUT2D eigenvalue weighted by atomic mass is 35.5. The van der Waals surface area contributed by atoms with Crippen LogP contribution >= 0.6 is 11.6 Å². The molecule has 0 N–H and O–H groups in total. The average Bonchev–Trinajstić information content (AvgIpc) is 2.84. The van der Waals surface area contributed by atoms with Gasteiger partial charge in [-0.1, -0.05) is 41.9 Å². The highest BCUT2D eigenvalue weighted by molar-refractivity contribution is 6.30. The van der Waals surface area contributed by atoms with Crippen molar-refractivity contribution in [1.29, 1.82) is 0 Å². The number of rotatable bonds is 4. The summed E-state index contributed by atoms with van der Waals surface area (Å²) >= 11 is 5.88. The number of benzene rings is 2. The van der Waals surface area contributed by atoms with E-state index in [9.17, 15) is 4.79 Å². The van der Waals surface area contributed by atoms with Gasteiger partial charge in [0.2, 0.25) is 11.8 Å². The van der Waals surface area contributed by atoms with Gasteiger partial charge in [0, 0.05) is 17.6 Å². The topological polar surface area (TPSA) is 51.7 Å². The molecule has 0 unspecified atom stereocenters. The van der Waals surface area contributed by atoms with Crippen molar-refractivity contribution in [1.82, 2.24) is 9.88 Å². The molecule has 0 saturated heterocycles. The minimum atomic E-state index is -0.100. The van der Waals surface area contributed by atoms with Crippen LogP contribution in [0, 0.1) is 0 Å². The molecule has 0 saturated carbocycles. The molecule has 0 radical (unpaired) electrons. The van der Waals surface area contributed by atoms with Crippen molar-refractivity contribution in [2.75, 3.05) is 13.2 Å². The Morgan fingerprint density at radius 2 is 1.81 bits per heavy atom. The highest BCUT2D eigenvalue weighted by Gasteiger charge is 2.25. The van der Waals surface area contributed by atoms with Crippen LogP contribution in [-0.4, -0.2) is 28.9 Å². The second-order valence-electron chi connectivity index (χ2n) is 6.12. The van der Waals surface area contributed by atoms with Crippen molar-refractivity contribution in [3.8, 4) is 17.5 Å². The molecule has 5 nitrogen and oxygen atoms in total. The first-order valence-corrected chi connectivity index (χ1v) is 8.97. The summed E-state index contributed by atoms with van der Waals surface area (Å²) in [4.78, 5) is 19.0. The molecule has 27 heavy (non-hydrogen) atoms. The minimum Gasteiger partial charge on any atom is -0.475 e. The number of nitrogens with zero attached hydrogens (tertiary/aromatic N) is 2. The van der Waals surface area contributed by atoms with E-state index in [1.165, 1.54) is 0 Å². The van der Waals surface area contributed by atoms with E-state index in [0.717, 1.165) is 5.56 Å². The number of hydrogen-bond acceptors (Lipinski definition) is 4. The van der Waals surface area contributed by atoms with Gasteiger partial charge in [-0.25, -0.2) is 0 Å². The van der Waals surface area contributed by atoms with Gasteiger partial charge in [0.05, 0.1) is 6.54 Å². The smallest absolute Gasteiger partial charge is 0.259 e. The van der Waals surface area contributed by atoms with E-state index >= 15 is 0 Å². The zero-order chi connectivity index (χ0) is 18.6. The Morgan fingerprint density at radius 3 is 2.59 bits per heavy atom. The number of carbonyl (C=O) groups excluding carboxylic acids is 1. The van der Waals surface area contributed by atoms with Crippen LogP contribution in [-0.2, 0) is 6.54 Å². The monoisotopic (exact) mass is 380 g/mol. The van der Waals surface area contributed by atoms with Gasteiger partial charge in [-0.15, -0.1) is 0 Å². The summed E-state index contributed by atoms with van der Waals surface area (Å²) < 4.78 is 11.4. The fraction of sp³-hybridized carbons (Fsp3) is 0.143. The van der Waals surface area contributed by atoms with Crippen molar-refractivity contribution in [3.63, 3.8) is 0 Å². The van der Waals surface area contributed by atoms with Gasteiger partial charge in [-0.05, 0) is 35.9 Å². The lowest BCUT2D eigenvalue weighted by Gasteiger charge is -2.19. The van der Waals surface area contributed by atoms with Crippen molar-refractivity contribution in [2.45, 2.75) is 6.54 Å². The van der Waals surface area contributed by atoms with Crippen LogP contribution in [0.5, 0.6) is 17.5 Å². The molecule has 6 heteroatoms. The van der Waals surface area contributed by atoms with Crippen LogP contribution in [0.4, 0.5) is 0 Å². The number of aromatic nitrogens is 1. The fourth-order valence-corrected chi connectivity index (χ4v) is 2.98. The van der Waals surface area contributed by atoms with E-state index in [4.69, 9.17) is 21.1 Å². The predicted octanol–water partition coefficient (Wildman–Crippen LogP) is 4.56. The van der Waals surface area contributed by atoms with Crippen LogP contribution in [0.25, 0.3) is 0 Å². The molecule has 2 aromatic carbocycles. The minimum absolute atomic E-state index is 0.100. The molecule has 1 aromatic heterocycles. The molecule has 0 aliphatic carbocycles. The standard InChI is InChI=1S/C21H17ClN2O3/c22-16-6-8-17(9-7-16)27-19-11-10-18-20(23-19)26-13-12-24(21(18)25)14-15-4-2-1-3-5-15/h1-11H,12-14H2. The van der Waals surface area contributed by atoms with Crippen molar-refractivity contribution >= 4 is 17.5 Å². The summed E-state index contributed by atoms with van der Waals surface area (Å²) in [6.07, 6.45) is 0. The van der Waals surface area contributed by atoms with E-state index in [-0.39, 0.29) is 5.91 Å². The zero-order valence-electron chi connectivity index (χ0n) is 14.5. The maximum Gasteiger partial charge on any atom is 0.259 e. The van der Waals surface area contributed by atoms with E-state index in [2.05, 4.69) is 4.98 Å². The summed E-state index contributed by atoms with van der Waals surface area (Å²) in [6, 6.07) is 20.2. The maximum absolute atomic E-state index is 12.9. The van der Waals surface area contributed by atoms with Crippen molar-refractivity contribution < 1.29 is 14.3 Å². The number of ether oxygens (including phenoxy) is 2. The van der Waals surface area contributed by atoms with Crippen LogP contribution in [0.15, 0.2) is 66.7 Å². The Labute approximate surface area is 162 Å². The van der Waals surface area contributed by atoms with Gasteiger partial charge in [-0.3, -0.25) is 4.79 Å². The molecule has 0 atom stereocenters. The van der Waals surface area contributed by atoms with Crippen LogP contribution in [0.3, 0.4) is 0 Å². The predicted molar refractivity (Wildman–Crippen MR) is 102 cm³/mol. The normalized spacial score (nSPS) is 13.5. The number of halogens is 1. The van der Waals surface area contributed by atoms with E-state index < -0.39 is 0 Å². The van der Waals surface area contributed by atoms with Gasteiger partial charge in [0.25, 0.3) is 5.91 Å².